The fourth-order valence-corrected chi connectivity index (χ4v) is 2.57. The molecule has 100 valence electrons. The molecule has 1 aliphatic heterocycles. The van der Waals surface area contributed by atoms with Gasteiger partial charge in [-0.1, -0.05) is 5.16 Å². The highest BCUT2D eigenvalue weighted by atomic mass is 32.2. The Hall–Kier alpha value is -1.54. The number of alkyl halides is 3. The third kappa shape index (κ3) is 2.45. The Bertz CT molecular complexity index is 611. The van der Waals surface area contributed by atoms with E-state index in [0.717, 1.165) is 23.4 Å². The number of nitrogens with zero attached hydrogens (tertiary/aromatic N) is 2. The van der Waals surface area contributed by atoms with Crippen LogP contribution in [0.1, 0.15) is 11.5 Å². The van der Waals surface area contributed by atoms with Gasteiger partial charge in [0.1, 0.15) is 0 Å². The van der Waals surface area contributed by atoms with Crippen molar-refractivity contribution in [2.45, 2.75) is 17.5 Å². The second-order valence-corrected chi connectivity index (χ2v) is 4.92. The van der Waals surface area contributed by atoms with Crippen molar-refractivity contribution in [1.29, 1.82) is 0 Å². The van der Waals surface area contributed by atoms with Crippen molar-refractivity contribution >= 4 is 11.9 Å². The van der Waals surface area contributed by atoms with Gasteiger partial charge in [-0.25, -0.2) is 0 Å². The second-order valence-electron chi connectivity index (χ2n) is 3.99. The SMILES string of the molecule is FC(F)(F)c1nc(-c2ccc3c(c2)CCNS3)no1. The first-order chi connectivity index (χ1) is 9.04. The summed E-state index contributed by atoms with van der Waals surface area (Å²) in [5.74, 6) is -1.37. The lowest BCUT2D eigenvalue weighted by Crippen LogP contribution is -2.14. The highest BCUT2D eigenvalue weighted by Crippen LogP contribution is 2.31. The molecule has 1 aromatic carbocycles. The average Bonchev–Trinajstić information content (AvgIpc) is 2.87. The van der Waals surface area contributed by atoms with Crippen molar-refractivity contribution in [1.82, 2.24) is 14.9 Å². The Morgan fingerprint density at radius 1 is 1.32 bits per heavy atom. The maximum atomic E-state index is 12.4. The molecular weight excluding hydrogens is 279 g/mol. The van der Waals surface area contributed by atoms with E-state index in [-0.39, 0.29) is 5.82 Å². The van der Waals surface area contributed by atoms with Crippen LogP contribution in [0.3, 0.4) is 0 Å². The normalized spacial score (nSPS) is 15.3. The van der Waals surface area contributed by atoms with Crippen LogP contribution in [0.2, 0.25) is 0 Å². The fraction of sp³-hybridized carbons (Fsp3) is 0.273. The minimum atomic E-state index is -4.61. The molecule has 2 heterocycles. The molecule has 0 unspecified atom stereocenters. The standard InChI is InChI=1S/C11H8F3N3OS/c12-11(13,14)10-16-9(17-18-10)7-1-2-8-6(5-7)3-4-15-19-8/h1-2,5,15H,3-4H2. The number of nitrogens with one attached hydrogen (secondary N) is 1. The predicted octanol–water partition coefficient (Wildman–Crippen LogP) is 2.91. The van der Waals surface area contributed by atoms with Crippen LogP contribution in [0, 0.1) is 0 Å². The van der Waals surface area contributed by atoms with Gasteiger partial charge in [0.15, 0.2) is 0 Å². The van der Waals surface area contributed by atoms with Gasteiger partial charge in [-0.2, -0.15) is 18.2 Å². The zero-order valence-electron chi connectivity index (χ0n) is 9.49. The first kappa shape index (κ1) is 12.5. The van der Waals surface area contributed by atoms with Crippen molar-refractivity contribution in [3.63, 3.8) is 0 Å². The van der Waals surface area contributed by atoms with E-state index in [1.165, 1.54) is 11.9 Å². The predicted molar refractivity (Wildman–Crippen MR) is 62.3 cm³/mol. The van der Waals surface area contributed by atoms with Crippen molar-refractivity contribution in [3.05, 3.63) is 29.7 Å². The van der Waals surface area contributed by atoms with Gasteiger partial charge in [0.05, 0.1) is 0 Å². The molecule has 0 amide bonds. The van der Waals surface area contributed by atoms with Crippen LogP contribution in [0.25, 0.3) is 11.4 Å². The number of hydrogen-bond donors (Lipinski definition) is 1. The molecule has 1 aromatic heterocycles. The third-order valence-electron chi connectivity index (χ3n) is 2.67. The molecule has 1 aliphatic rings. The van der Waals surface area contributed by atoms with E-state index in [1.54, 1.807) is 12.1 Å². The van der Waals surface area contributed by atoms with E-state index in [9.17, 15) is 13.2 Å². The lowest BCUT2D eigenvalue weighted by molar-refractivity contribution is -0.159. The molecule has 0 atom stereocenters. The molecule has 2 aromatic rings. The molecule has 1 N–H and O–H groups in total. The molecule has 4 nitrogen and oxygen atoms in total. The van der Waals surface area contributed by atoms with Crippen molar-refractivity contribution in [3.8, 4) is 11.4 Å². The molecule has 0 aliphatic carbocycles. The quantitative estimate of drug-likeness (QED) is 0.817. The lowest BCUT2D eigenvalue weighted by atomic mass is 10.1. The summed E-state index contributed by atoms with van der Waals surface area (Å²) in [7, 11) is 0. The van der Waals surface area contributed by atoms with E-state index < -0.39 is 12.1 Å². The molecule has 19 heavy (non-hydrogen) atoms. The first-order valence-corrected chi connectivity index (χ1v) is 6.29. The molecule has 0 spiro atoms. The van der Waals surface area contributed by atoms with Crippen LogP contribution in [-0.2, 0) is 12.6 Å². The van der Waals surface area contributed by atoms with Crippen LogP contribution >= 0.6 is 11.9 Å². The van der Waals surface area contributed by atoms with E-state index >= 15 is 0 Å². The van der Waals surface area contributed by atoms with Gasteiger partial charge in [0.2, 0.25) is 5.82 Å². The highest BCUT2D eigenvalue weighted by molar-refractivity contribution is 7.97. The molecular formula is C11H8F3N3OS. The number of hydrogen-bond acceptors (Lipinski definition) is 5. The molecule has 0 radical (unpaired) electrons. The topological polar surface area (TPSA) is 51.0 Å². The molecule has 0 saturated heterocycles. The average molecular weight is 287 g/mol. The maximum absolute atomic E-state index is 12.4. The Balaban J connectivity index is 1.96. The number of halogens is 3. The Morgan fingerprint density at radius 3 is 2.89 bits per heavy atom. The van der Waals surface area contributed by atoms with Gasteiger partial charge in [-0.15, -0.1) is 0 Å². The van der Waals surface area contributed by atoms with Crippen molar-refractivity contribution in [2.75, 3.05) is 6.54 Å². The van der Waals surface area contributed by atoms with Gasteiger partial charge in [0, 0.05) is 17.0 Å². The van der Waals surface area contributed by atoms with E-state index in [4.69, 9.17) is 0 Å². The first-order valence-electron chi connectivity index (χ1n) is 5.48. The molecule has 0 bridgehead atoms. The van der Waals surface area contributed by atoms with Crippen molar-refractivity contribution < 1.29 is 17.7 Å². The van der Waals surface area contributed by atoms with Gasteiger partial charge in [-0.05, 0) is 42.1 Å². The molecule has 0 saturated carbocycles. The molecule has 0 fully saturated rings. The Kier molecular flexibility index (Phi) is 2.98. The summed E-state index contributed by atoms with van der Waals surface area (Å²) in [6, 6.07) is 5.32. The molecule has 8 heteroatoms. The largest absolute Gasteiger partial charge is 0.471 e. The smallest absolute Gasteiger partial charge is 0.329 e. The van der Waals surface area contributed by atoms with E-state index in [1.807, 2.05) is 6.07 Å². The van der Waals surface area contributed by atoms with Gasteiger partial charge >= 0.3 is 12.1 Å². The number of benzene rings is 1. The number of fused-ring (bicyclic) bond motifs is 1. The Morgan fingerprint density at radius 2 is 2.16 bits per heavy atom. The van der Waals surface area contributed by atoms with Gasteiger partial charge in [-0.3, -0.25) is 4.72 Å². The zero-order chi connectivity index (χ0) is 13.5. The summed E-state index contributed by atoms with van der Waals surface area (Å²) >= 11 is 1.51. The highest BCUT2D eigenvalue weighted by Gasteiger charge is 2.38. The van der Waals surface area contributed by atoms with Crippen LogP contribution in [-0.4, -0.2) is 16.7 Å². The third-order valence-corrected chi connectivity index (χ3v) is 3.63. The summed E-state index contributed by atoms with van der Waals surface area (Å²) < 4.78 is 44.5. The maximum Gasteiger partial charge on any atom is 0.471 e. The monoisotopic (exact) mass is 287 g/mol. The van der Waals surface area contributed by atoms with Crippen LogP contribution in [0.15, 0.2) is 27.6 Å². The van der Waals surface area contributed by atoms with Crippen LogP contribution in [0.5, 0.6) is 0 Å². The van der Waals surface area contributed by atoms with Crippen molar-refractivity contribution in [2.24, 2.45) is 0 Å². The number of rotatable bonds is 1. The summed E-state index contributed by atoms with van der Waals surface area (Å²) in [5.41, 5.74) is 1.60. The Labute approximate surface area is 110 Å². The van der Waals surface area contributed by atoms with Crippen LogP contribution in [0.4, 0.5) is 13.2 Å². The molecule has 3 rings (SSSR count). The minimum Gasteiger partial charge on any atom is -0.329 e. The lowest BCUT2D eigenvalue weighted by Gasteiger charge is -2.15. The summed E-state index contributed by atoms with van der Waals surface area (Å²) in [5, 5.41) is 3.37. The van der Waals surface area contributed by atoms with E-state index in [2.05, 4.69) is 19.4 Å². The fourth-order valence-electron chi connectivity index (χ4n) is 1.78. The summed E-state index contributed by atoms with van der Waals surface area (Å²) in [6.45, 7) is 0.821. The van der Waals surface area contributed by atoms with Crippen LogP contribution < -0.4 is 4.72 Å². The van der Waals surface area contributed by atoms with E-state index in [0.29, 0.717) is 5.56 Å². The van der Waals surface area contributed by atoms with Gasteiger partial charge < -0.3 is 4.52 Å². The summed E-state index contributed by atoms with van der Waals surface area (Å²) in [6.07, 6.45) is -3.79. The zero-order valence-corrected chi connectivity index (χ0v) is 10.3. The second kappa shape index (κ2) is 4.53. The number of aromatic nitrogens is 2. The minimum absolute atomic E-state index is 0.0429. The summed E-state index contributed by atoms with van der Waals surface area (Å²) in [4.78, 5) is 4.44. The van der Waals surface area contributed by atoms with Gasteiger partial charge in [0.25, 0.3) is 0 Å².